The second-order valence-electron chi connectivity index (χ2n) is 4.84. The first-order valence-corrected chi connectivity index (χ1v) is 7.00. The molecule has 0 aliphatic carbocycles. The molecule has 17 heavy (non-hydrogen) atoms. The number of rotatable bonds is 7. The number of ketones is 1. The van der Waals surface area contributed by atoms with Crippen molar-refractivity contribution in [1.29, 1.82) is 0 Å². The highest BCUT2D eigenvalue weighted by atomic mass is 32.1. The number of carbonyl (C=O) groups excluding carboxylic acids is 1. The molecule has 1 aromatic heterocycles. The van der Waals surface area contributed by atoms with Crippen molar-refractivity contribution < 1.29 is 9.53 Å². The Morgan fingerprint density at radius 3 is 2.65 bits per heavy atom. The van der Waals surface area contributed by atoms with E-state index in [1.165, 1.54) is 4.88 Å². The molecule has 1 rings (SSSR count). The summed E-state index contributed by atoms with van der Waals surface area (Å²) in [6.07, 6.45) is 2.19. The lowest BCUT2D eigenvalue weighted by atomic mass is 10.1. The lowest BCUT2D eigenvalue weighted by molar-refractivity contribution is 0.0749. The first-order chi connectivity index (χ1) is 8.00. The van der Waals surface area contributed by atoms with E-state index in [2.05, 4.69) is 13.8 Å². The molecule has 0 atom stereocenters. The molecule has 0 saturated carbocycles. The van der Waals surface area contributed by atoms with Crippen molar-refractivity contribution in [2.45, 2.75) is 40.5 Å². The van der Waals surface area contributed by atoms with E-state index in [1.807, 2.05) is 19.9 Å². The summed E-state index contributed by atoms with van der Waals surface area (Å²) < 4.78 is 5.42. The molecule has 0 spiro atoms. The molecule has 0 aliphatic heterocycles. The summed E-state index contributed by atoms with van der Waals surface area (Å²) in [5.74, 6) is 0.812. The van der Waals surface area contributed by atoms with Gasteiger partial charge in [-0.3, -0.25) is 4.79 Å². The summed E-state index contributed by atoms with van der Waals surface area (Å²) in [7, 11) is 0. The number of aryl methyl sites for hydroxylation is 2. The Morgan fingerprint density at radius 1 is 1.41 bits per heavy atom. The Hall–Kier alpha value is -0.670. The highest BCUT2D eigenvalue weighted by molar-refractivity contribution is 7.12. The van der Waals surface area contributed by atoms with Gasteiger partial charge >= 0.3 is 0 Å². The molecular weight excluding hydrogens is 232 g/mol. The lowest BCUT2D eigenvalue weighted by Gasteiger charge is -2.05. The van der Waals surface area contributed by atoms with E-state index in [4.69, 9.17) is 4.74 Å². The van der Waals surface area contributed by atoms with Gasteiger partial charge in [-0.05, 0) is 38.7 Å². The standard InChI is InChI=1S/C14H22O2S/c1-10(2)6-5-7-16-9-14(15)13-8-11(3)17-12(13)4/h8,10H,5-7,9H2,1-4H3. The predicted octanol–water partition coefficient (Wildman–Crippen LogP) is 4.00. The quantitative estimate of drug-likeness (QED) is 0.543. The minimum atomic E-state index is 0.108. The van der Waals surface area contributed by atoms with Crippen LogP contribution < -0.4 is 0 Å². The fourth-order valence-corrected chi connectivity index (χ4v) is 2.69. The van der Waals surface area contributed by atoms with E-state index >= 15 is 0 Å². The van der Waals surface area contributed by atoms with E-state index < -0.39 is 0 Å². The number of carbonyl (C=O) groups is 1. The van der Waals surface area contributed by atoms with Crippen molar-refractivity contribution in [2.75, 3.05) is 13.2 Å². The predicted molar refractivity (Wildman–Crippen MR) is 73.0 cm³/mol. The molecule has 2 nitrogen and oxygen atoms in total. The van der Waals surface area contributed by atoms with Crippen LogP contribution in [0.15, 0.2) is 6.07 Å². The van der Waals surface area contributed by atoms with Gasteiger partial charge in [0.05, 0.1) is 0 Å². The molecule has 0 fully saturated rings. The van der Waals surface area contributed by atoms with Gasteiger partial charge in [0.2, 0.25) is 0 Å². The van der Waals surface area contributed by atoms with Crippen LogP contribution in [0.25, 0.3) is 0 Å². The van der Waals surface area contributed by atoms with Crippen molar-refractivity contribution in [1.82, 2.24) is 0 Å². The Morgan fingerprint density at radius 2 is 2.12 bits per heavy atom. The number of hydrogen-bond acceptors (Lipinski definition) is 3. The molecule has 0 amide bonds. The number of Topliss-reactive ketones (excluding diaryl/α,β-unsaturated/α-hetero) is 1. The average Bonchev–Trinajstić information content (AvgIpc) is 2.56. The molecule has 0 N–H and O–H groups in total. The SMILES string of the molecule is Cc1cc(C(=O)COCCCC(C)C)c(C)s1. The molecule has 1 aromatic rings. The second kappa shape index (κ2) is 6.92. The molecule has 3 heteroatoms. The van der Waals surface area contributed by atoms with E-state index in [-0.39, 0.29) is 12.4 Å². The zero-order valence-electron chi connectivity index (χ0n) is 11.2. The topological polar surface area (TPSA) is 26.3 Å². The van der Waals surface area contributed by atoms with Crippen molar-refractivity contribution >= 4 is 17.1 Å². The van der Waals surface area contributed by atoms with Crippen molar-refractivity contribution in [2.24, 2.45) is 5.92 Å². The summed E-state index contributed by atoms with van der Waals surface area (Å²) in [5, 5.41) is 0. The van der Waals surface area contributed by atoms with E-state index in [1.54, 1.807) is 11.3 Å². The van der Waals surface area contributed by atoms with Crippen LogP contribution in [0, 0.1) is 19.8 Å². The molecule has 0 unspecified atom stereocenters. The van der Waals surface area contributed by atoms with Gasteiger partial charge in [-0.2, -0.15) is 0 Å². The smallest absolute Gasteiger partial charge is 0.189 e. The largest absolute Gasteiger partial charge is 0.373 e. The van der Waals surface area contributed by atoms with Gasteiger partial charge in [0.15, 0.2) is 5.78 Å². The van der Waals surface area contributed by atoms with E-state index in [0.29, 0.717) is 12.5 Å². The molecule has 1 heterocycles. The Kier molecular flexibility index (Phi) is 5.86. The second-order valence-corrected chi connectivity index (χ2v) is 6.30. The fraction of sp³-hybridized carbons (Fsp3) is 0.643. The van der Waals surface area contributed by atoms with E-state index in [9.17, 15) is 4.79 Å². The average molecular weight is 254 g/mol. The van der Waals surface area contributed by atoms with Crippen LogP contribution in [0.1, 0.15) is 46.8 Å². The number of thiophene rings is 1. The Bertz CT molecular complexity index is 366. The van der Waals surface area contributed by atoms with Crippen molar-refractivity contribution in [3.63, 3.8) is 0 Å². The third kappa shape index (κ3) is 5.00. The van der Waals surface area contributed by atoms with Crippen LogP contribution in [-0.4, -0.2) is 19.0 Å². The lowest BCUT2D eigenvalue weighted by Crippen LogP contribution is -2.10. The van der Waals surface area contributed by atoms with Gasteiger partial charge < -0.3 is 4.74 Å². The number of ether oxygens (including phenoxy) is 1. The first kappa shape index (κ1) is 14.4. The Balaban J connectivity index is 2.28. The molecule has 0 aliphatic rings. The first-order valence-electron chi connectivity index (χ1n) is 6.18. The fourth-order valence-electron chi connectivity index (χ4n) is 1.74. The van der Waals surface area contributed by atoms with Gasteiger partial charge in [-0.15, -0.1) is 11.3 Å². The van der Waals surface area contributed by atoms with Crippen LogP contribution in [0.4, 0.5) is 0 Å². The summed E-state index contributed by atoms with van der Waals surface area (Å²) in [4.78, 5) is 14.1. The zero-order valence-corrected chi connectivity index (χ0v) is 12.0. The van der Waals surface area contributed by atoms with Crippen LogP contribution in [0.3, 0.4) is 0 Å². The van der Waals surface area contributed by atoms with Crippen LogP contribution in [-0.2, 0) is 4.74 Å². The van der Waals surface area contributed by atoms with Crippen molar-refractivity contribution in [3.8, 4) is 0 Å². The van der Waals surface area contributed by atoms with E-state index in [0.717, 1.165) is 23.3 Å². The van der Waals surface area contributed by atoms with Gasteiger partial charge in [0, 0.05) is 21.9 Å². The molecule has 0 bridgehead atoms. The number of hydrogen-bond donors (Lipinski definition) is 0. The van der Waals surface area contributed by atoms with Crippen LogP contribution >= 0.6 is 11.3 Å². The third-order valence-corrected chi connectivity index (χ3v) is 3.61. The van der Waals surface area contributed by atoms with Gasteiger partial charge in [-0.25, -0.2) is 0 Å². The van der Waals surface area contributed by atoms with Crippen LogP contribution in [0.5, 0.6) is 0 Å². The third-order valence-electron chi connectivity index (χ3n) is 2.64. The molecular formula is C14H22O2S. The molecule has 0 radical (unpaired) electrons. The zero-order chi connectivity index (χ0) is 12.8. The van der Waals surface area contributed by atoms with Gasteiger partial charge in [-0.1, -0.05) is 13.8 Å². The minimum absolute atomic E-state index is 0.108. The van der Waals surface area contributed by atoms with Crippen LogP contribution in [0.2, 0.25) is 0 Å². The maximum absolute atomic E-state index is 11.9. The summed E-state index contributed by atoms with van der Waals surface area (Å²) in [6, 6.07) is 1.96. The minimum Gasteiger partial charge on any atom is -0.373 e. The highest BCUT2D eigenvalue weighted by Gasteiger charge is 2.11. The monoisotopic (exact) mass is 254 g/mol. The maximum Gasteiger partial charge on any atom is 0.189 e. The summed E-state index contributed by atoms with van der Waals surface area (Å²) in [6.45, 7) is 9.31. The Labute approximate surface area is 108 Å². The van der Waals surface area contributed by atoms with Gasteiger partial charge in [0.25, 0.3) is 0 Å². The maximum atomic E-state index is 11.9. The molecule has 0 saturated heterocycles. The summed E-state index contributed by atoms with van der Waals surface area (Å²) in [5.41, 5.74) is 0.830. The highest BCUT2D eigenvalue weighted by Crippen LogP contribution is 2.21. The van der Waals surface area contributed by atoms with Gasteiger partial charge in [0.1, 0.15) is 6.61 Å². The molecule has 96 valence electrons. The normalized spacial score (nSPS) is 11.1. The molecule has 0 aromatic carbocycles. The van der Waals surface area contributed by atoms with Crippen molar-refractivity contribution in [3.05, 3.63) is 21.4 Å². The summed E-state index contributed by atoms with van der Waals surface area (Å²) >= 11 is 1.67.